The second-order valence-electron chi connectivity index (χ2n) is 7.00. The smallest absolute Gasteiger partial charge is 0.164 e. The molecule has 0 bridgehead atoms. The number of benzene rings is 2. The molecule has 1 heterocycles. The van der Waals surface area contributed by atoms with Crippen LogP contribution in [0.15, 0.2) is 48.5 Å². The average molecular weight is 373 g/mol. The molecule has 1 saturated heterocycles. The van der Waals surface area contributed by atoms with Crippen molar-refractivity contribution in [2.24, 2.45) is 5.92 Å². The summed E-state index contributed by atoms with van der Waals surface area (Å²) in [5.41, 5.74) is 3.75. The van der Waals surface area contributed by atoms with Crippen LogP contribution in [0.5, 0.6) is 0 Å². The van der Waals surface area contributed by atoms with Crippen molar-refractivity contribution in [3.05, 3.63) is 59.7 Å². The molecule has 1 aliphatic heterocycles. The van der Waals surface area contributed by atoms with Crippen LogP contribution >= 0.6 is 0 Å². The topological polar surface area (TPSA) is 85.9 Å². The molecule has 0 amide bonds. The molecule has 0 aromatic heterocycles. The Morgan fingerprint density at radius 3 is 2.43 bits per heavy atom. The molecule has 0 unspecified atom stereocenters. The van der Waals surface area contributed by atoms with Crippen LogP contribution in [0.2, 0.25) is 0 Å². The van der Waals surface area contributed by atoms with Gasteiger partial charge < -0.3 is 10.1 Å². The van der Waals surface area contributed by atoms with Gasteiger partial charge in [0.2, 0.25) is 0 Å². The Bertz CT molecular complexity index is 868. The van der Waals surface area contributed by atoms with Gasteiger partial charge in [0.15, 0.2) is 5.78 Å². The van der Waals surface area contributed by atoms with Gasteiger partial charge in [-0.15, -0.1) is 0 Å². The number of carbonyl (C=O) groups excluding carboxylic acids is 1. The summed E-state index contributed by atoms with van der Waals surface area (Å²) in [6.45, 7) is 1.96. The molecular weight excluding hydrogens is 350 g/mol. The largest absolute Gasteiger partial charge is 0.369 e. The number of hydrogen-bond acceptors (Lipinski definition) is 5. The molecule has 0 radical (unpaired) electrons. The molecule has 1 aliphatic rings. The lowest BCUT2D eigenvalue weighted by Crippen LogP contribution is -2.34. The Kier molecular flexibility index (Phi) is 6.92. The van der Waals surface area contributed by atoms with Crippen molar-refractivity contribution in [1.29, 1.82) is 10.5 Å². The predicted molar refractivity (Wildman–Crippen MR) is 106 cm³/mol. The van der Waals surface area contributed by atoms with Crippen LogP contribution in [0.4, 0.5) is 0 Å². The van der Waals surface area contributed by atoms with Gasteiger partial charge in [-0.05, 0) is 48.2 Å². The van der Waals surface area contributed by atoms with E-state index in [0.29, 0.717) is 25.1 Å². The van der Waals surface area contributed by atoms with Gasteiger partial charge in [0, 0.05) is 19.6 Å². The van der Waals surface area contributed by atoms with Gasteiger partial charge in [0.05, 0.1) is 23.6 Å². The Morgan fingerprint density at radius 1 is 1.11 bits per heavy atom. The Hall–Kier alpha value is -2.99. The number of ketones is 1. The number of nitrogens with one attached hydrogen (secondary N) is 1. The number of carbonyl (C=O) groups is 1. The summed E-state index contributed by atoms with van der Waals surface area (Å²) >= 11 is 0. The molecule has 2 atom stereocenters. The van der Waals surface area contributed by atoms with Crippen molar-refractivity contribution in [3.63, 3.8) is 0 Å². The summed E-state index contributed by atoms with van der Waals surface area (Å²) in [7, 11) is 0. The van der Waals surface area contributed by atoms with Crippen molar-refractivity contribution >= 4 is 5.78 Å². The van der Waals surface area contributed by atoms with E-state index in [0.717, 1.165) is 29.7 Å². The molecule has 3 rings (SSSR count). The zero-order chi connectivity index (χ0) is 19.8. The first-order valence-corrected chi connectivity index (χ1v) is 9.53. The van der Waals surface area contributed by atoms with Crippen molar-refractivity contribution in [3.8, 4) is 23.3 Å². The molecule has 28 heavy (non-hydrogen) atoms. The summed E-state index contributed by atoms with van der Waals surface area (Å²) in [5.74, 6) is -0.365. The summed E-state index contributed by atoms with van der Waals surface area (Å²) in [4.78, 5) is 12.5. The van der Waals surface area contributed by atoms with Crippen LogP contribution in [0.3, 0.4) is 0 Å². The minimum absolute atomic E-state index is 0.00449. The third kappa shape index (κ3) is 5.27. The zero-order valence-electron chi connectivity index (χ0n) is 15.7. The van der Waals surface area contributed by atoms with E-state index in [9.17, 15) is 10.1 Å². The lowest BCUT2D eigenvalue weighted by atomic mass is 9.93. The van der Waals surface area contributed by atoms with Gasteiger partial charge in [-0.3, -0.25) is 4.79 Å². The van der Waals surface area contributed by atoms with E-state index in [1.54, 1.807) is 12.1 Å². The normalized spacial score (nSPS) is 17.7. The van der Waals surface area contributed by atoms with Crippen molar-refractivity contribution in [2.75, 3.05) is 19.7 Å². The molecule has 0 saturated carbocycles. The number of nitriles is 2. The molecule has 1 fully saturated rings. The molecule has 0 spiro atoms. The fraction of sp³-hybridized carbons (Fsp3) is 0.348. The first-order chi connectivity index (χ1) is 13.7. The number of nitrogens with zero attached hydrogens (tertiary/aromatic N) is 2. The molecule has 5 nitrogen and oxygen atoms in total. The van der Waals surface area contributed by atoms with E-state index in [1.807, 2.05) is 36.4 Å². The van der Waals surface area contributed by atoms with Crippen LogP contribution in [-0.4, -0.2) is 31.6 Å². The van der Waals surface area contributed by atoms with Crippen molar-refractivity contribution < 1.29 is 9.53 Å². The van der Waals surface area contributed by atoms with E-state index >= 15 is 0 Å². The van der Waals surface area contributed by atoms with E-state index in [1.165, 1.54) is 0 Å². The number of ether oxygens (including phenoxy) is 1. The second-order valence-corrected chi connectivity index (χ2v) is 7.00. The number of hydrogen-bond donors (Lipinski definition) is 1. The highest BCUT2D eigenvalue weighted by atomic mass is 16.5. The summed E-state index contributed by atoms with van der Waals surface area (Å²) < 4.78 is 5.60. The first kappa shape index (κ1) is 19.8. The minimum atomic E-state index is -0.447. The molecular formula is C23H23N3O2. The lowest BCUT2D eigenvalue weighted by molar-refractivity contribution is -0.130. The van der Waals surface area contributed by atoms with E-state index in [-0.39, 0.29) is 18.1 Å². The lowest BCUT2D eigenvalue weighted by Gasteiger charge is -2.16. The zero-order valence-corrected chi connectivity index (χ0v) is 15.7. The molecule has 5 heteroatoms. The summed E-state index contributed by atoms with van der Waals surface area (Å²) in [6, 6.07) is 19.8. The van der Waals surface area contributed by atoms with Gasteiger partial charge in [-0.25, -0.2) is 0 Å². The molecule has 142 valence electrons. The van der Waals surface area contributed by atoms with Gasteiger partial charge in [-0.1, -0.05) is 36.4 Å². The fourth-order valence-corrected chi connectivity index (χ4v) is 3.31. The molecule has 1 N–H and O–H groups in total. The highest BCUT2D eigenvalue weighted by molar-refractivity contribution is 5.84. The third-order valence-electron chi connectivity index (χ3n) is 4.92. The number of rotatable bonds is 6. The van der Waals surface area contributed by atoms with Gasteiger partial charge >= 0.3 is 0 Å². The SMILES string of the molecule is N#Cc1ccc(-c2ccc(C[C@@H](C#N)CC(=O)[C@@H]3CNCCCO3)cc2)cc1. The maximum absolute atomic E-state index is 12.5. The summed E-state index contributed by atoms with van der Waals surface area (Å²) in [5, 5.41) is 21.6. The average Bonchev–Trinajstić information content (AvgIpc) is 3.03. The fourth-order valence-electron chi connectivity index (χ4n) is 3.31. The Balaban J connectivity index is 1.60. The highest BCUT2D eigenvalue weighted by Crippen LogP contribution is 2.22. The minimum Gasteiger partial charge on any atom is -0.369 e. The van der Waals surface area contributed by atoms with Gasteiger partial charge in [-0.2, -0.15) is 10.5 Å². The van der Waals surface area contributed by atoms with Crippen LogP contribution in [0, 0.1) is 28.6 Å². The predicted octanol–water partition coefficient (Wildman–Crippen LogP) is 3.25. The Morgan fingerprint density at radius 2 is 1.79 bits per heavy atom. The van der Waals surface area contributed by atoms with E-state index < -0.39 is 6.10 Å². The quantitative estimate of drug-likeness (QED) is 0.840. The molecule has 0 aliphatic carbocycles. The van der Waals surface area contributed by atoms with E-state index in [4.69, 9.17) is 10.00 Å². The standard InChI is InChI=1S/C23H23N3O2/c24-14-18-4-8-21(9-5-18)20-6-2-17(3-7-20)12-19(15-25)13-22(27)23-16-26-10-1-11-28-23/h2-9,19,23,26H,1,10-13,16H2/t19-,23+/m1/s1. The van der Waals surface area contributed by atoms with Crippen LogP contribution in [0.1, 0.15) is 24.0 Å². The van der Waals surface area contributed by atoms with Crippen molar-refractivity contribution in [1.82, 2.24) is 5.32 Å². The van der Waals surface area contributed by atoms with Crippen LogP contribution < -0.4 is 5.32 Å². The first-order valence-electron chi connectivity index (χ1n) is 9.53. The Labute approximate surface area is 165 Å². The van der Waals surface area contributed by atoms with E-state index in [2.05, 4.69) is 17.5 Å². The summed E-state index contributed by atoms with van der Waals surface area (Å²) in [6.07, 6.45) is 1.20. The highest BCUT2D eigenvalue weighted by Gasteiger charge is 2.24. The second kappa shape index (κ2) is 9.80. The molecule has 2 aromatic rings. The maximum Gasteiger partial charge on any atom is 0.164 e. The third-order valence-corrected chi connectivity index (χ3v) is 4.92. The van der Waals surface area contributed by atoms with Crippen LogP contribution in [-0.2, 0) is 16.0 Å². The van der Waals surface area contributed by atoms with Crippen LogP contribution in [0.25, 0.3) is 11.1 Å². The maximum atomic E-state index is 12.5. The van der Waals surface area contributed by atoms with Crippen molar-refractivity contribution in [2.45, 2.75) is 25.4 Å². The molecule has 2 aromatic carbocycles. The number of Topliss-reactive ketones (excluding diaryl/α,β-unsaturated/α-hetero) is 1. The monoisotopic (exact) mass is 373 g/mol. The van der Waals surface area contributed by atoms with Gasteiger partial charge in [0.25, 0.3) is 0 Å². The van der Waals surface area contributed by atoms with Gasteiger partial charge in [0.1, 0.15) is 6.10 Å².